The summed E-state index contributed by atoms with van der Waals surface area (Å²) in [5, 5.41) is 0. The number of hydrogen-bond acceptors (Lipinski definition) is 3. The molecule has 2 atom stereocenters. The third-order valence-electron chi connectivity index (χ3n) is 1.96. The monoisotopic (exact) mass is 254 g/mol. The molecule has 0 rings (SSSR count). The van der Waals surface area contributed by atoms with Gasteiger partial charge in [0.25, 0.3) is 0 Å². The van der Waals surface area contributed by atoms with Gasteiger partial charge in [0.05, 0.1) is 0 Å². The van der Waals surface area contributed by atoms with E-state index >= 15 is 0 Å². The SMILES string of the molecule is CCCCCC(N)CCP(=O)([O-])O.[Na+].[Na]. The van der Waals surface area contributed by atoms with Crippen LogP contribution in [-0.4, -0.2) is 46.7 Å². The maximum Gasteiger partial charge on any atom is 1.00 e. The van der Waals surface area contributed by atoms with Gasteiger partial charge in [-0.1, -0.05) is 26.2 Å². The van der Waals surface area contributed by atoms with Crippen LogP contribution >= 0.6 is 7.60 Å². The van der Waals surface area contributed by atoms with Gasteiger partial charge in [0.1, 0.15) is 7.60 Å². The van der Waals surface area contributed by atoms with E-state index in [2.05, 4.69) is 6.92 Å². The summed E-state index contributed by atoms with van der Waals surface area (Å²) in [7, 11) is -4.09. The maximum absolute atomic E-state index is 10.4. The molecule has 2 unspecified atom stereocenters. The van der Waals surface area contributed by atoms with Gasteiger partial charge in [-0.05, 0) is 12.8 Å². The van der Waals surface area contributed by atoms with Gasteiger partial charge >= 0.3 is 29.6 Å². The predicted molar refractivity (Wildman–Crippen MR) is 57.2 cm³/mol. The smallest absolute Gasteiger partial charge is 0.779 e. The zero-order valence-electron chi connectivity index (χ0n) is 10.1. The molecular weight excluding hydrogens is 235 g/mol. The van der Waals surface area contributed by atoms with E-state index in [0.717, 1.165) is 25.7 Å². The van der Waals surface area contributed by atoms with Crippen molar-refractivity contribution in [2.75, 3.05) is 6.16 Å². The van der Waals surface area contributed by atoms with Crippen LogP contribution in [0.1, 0.15) is 39.0 Å². The summed E-state index contributed by atoms with van der Waals surface area (Å²) in [6.45, 7) is 2.10. The summed E-state index contributed by atoms with van der Waals surface area (Å²) in [4.78, 5) is 18.9. The fourth-order valence-corrected chi connectivity index (χ4v) is 1.79. The van der Waals surface area contributed by atoms with Crippen LogP contribution in [0.3, 0.4) is 0 Å². The van der Waals surface area contributed by atoms with Gasteiger partial charge in [0, 0.05) is 41.8 Å². The molecule has 0 fully saturated rings. The molecule has 0 aromatic carbocycles. The van der Waals surface area contributed by atoms with Crippen molar-refractivity contribution in [3.63, 3.8) is 0 Å². The van der Waals surface area contributed by atoms with Crippen LogP contribution in [-0.2, 0) is 4.57 Å². The molecule has 1 radical (unpaired) electrons. The first-order valence-electron chi connectivity index (χ1n) is 4.74. The molecule has 0 saturated carbocycles. The second kappa shape index (κ2) is 12.6. The van der Waals surface area contributed by atoms with Gasteiger partial charge in [-0.25, -0.2) is 0 Å². The fourth-order valence-electron chi connectivity index (χ4n) is 1.13. The van der Waals surface area contributed by atoms with E-state index in [4.69, 9.17) is 10.6 Å². The number of rotatable bonds is 7. The van der Waals surface area contributed by atoms with Crippen LogP contribution in [0, 0.1) is 0 Å². The minimum atomic E-state index is -4.09. The van der Waals surface area contributed by atoms with Crippen LogP contribution in [0.2, 0.25) is 0 Å². The number of hydrogen-bond donors (Lipinski definition) is 2. The van der Waals surface area contributed by atoms with Crippen LogP contribution < -0.4 is 40.2 Å². The van der Waals surface area contributed by atoms with Gasteiger partial charge in [-0.15, -0.1) is 0 Å². The normalized spacial score (nSPS) is 15.7. The molecule has 0 aliphatic heterocycles. The molecule has 0 saturated heterocycles. The maximum atomic E-state index is 10.4. The average Bonchev–Trinajstić information content (AvgIpc) is 2.00. The molecule has 15 heavy (non-hydrogen) atoms. The Hall–Kier alpha value is 2.11. The van der Waals surface area contributed by atoms with Crippen molar-refractivity contribution in [1.29, 1.82) is 0 Å². The molecule has 0 amide bonds. The van der Waals surface area contributed by atoms with Crippen molar-refractivity contribution in [2.45, 2.75) is 45.1 Å². The summed E-state index contributed by atoms with van der Waals surface area (Å²) < 4.78 is 10.4. The fraction of sp³-hybridized carbons (Fsp3) is 1.00. The zero-order valence-corrected chi connectivity index (χ0v) is 15.0. The van der Waals surface area contributed by atoms with Crippen molar-refractivity contribution in [1.82, 2.24) is 0 Å². The van der Waals surface area contributed by atoms with E-state index in [9.17, 15) is 9.46 Å². The zero-order chi connectivity index (χ0) is 10.3. The molecule has 7 heteroatoms. The first-order valence-corrected chi connectivity index (χ1v) is 6.50. The van der Waals surface area contributed by atoms with E-state index in [1.54, 1.807) is 0 Å². The summed E-state index contributed by atoms with van der Waals surface area (Å²) in [6, 6.07) is -0.0963. The van der Waals surface area contributed by atoms with Gasteiger partial charge in [0.2, 0.25) is 0 Å². The van der Waals surface area contributed by atoms with E-state index in [0.29, 0.717) is 6.42 Å². The van der Waals surface area contributed by atoms with Gasteiger partial charge in [-0.3, -0.25) is 0 Å². The summed E-state index contributed by atoms with van der Waals surface area (Å²) in [6.07, 6.45) is 4.30. The third kappa shape index (κ3) is 18.7. The molecule has 3 N–H and O–H groups in total. The number of nitrogens with two attached hydrogens (primary N) is 1. The molecule has 0 spiro atoms. The van der Waals surface area contributed by atoms with E-state index in [-0.39, 0.29) is 71.3 Å². The van der Waals surface area contributed by atoms with Crippen LogP contribution in [0.5, 0.6) is 0 Å². The molecule has 0 aliphatic rings. The van der Waals surface area contributed by atoms with Crippen molar-refractivity contribution in [2.24, 2.45) is 5.73 Å². The van der Waals surface area contributed by atoms with Gasteiger partial charge < -0.3 is 20.1 Å². The Kier molecular flexibility index (Phi) is 18.7. The second-order valence-electron chi connectivity index (χ2n) is 3.41. The Morgan fingerprint density at radius 2 is 1.93 bits per heavy atom. The minimum Gasteiger partial charge on any atom is -0.779 e. The van der Waals surface area contributed by atoms with Crippen LogP contribution in [0.25, 0.3) is 0 Å². The first kappa shape index (κ1) is 22.3. The van der Waals surface area contributed by atoms with Gasteiger partial charge in [-0.2, -0.15) is 0 Å². The average molecular weight is 254 g/mol. The Bertz CT molecular complexity index is 177. The Morgan fingerprint density at radius 3 is 2.33 bits per heavy atom. The molecule has 81 valence electrons. The molecule has 0 aliphatic carbocycles. The van der Waals surface area contributed by atoms with Crippen molar-refractivity contribution >= 4 is 37.2 Å². The summed E-state index contributed by atoms with van der Waals surface area (Å²) >= 11 is 0. The molecular formula is C8H19NNa2O3P. The van der Waals surface area contributed by atoms with E-state index in [1.807, 2.05) is 0 Å². The minimum absolute atomic E-state index is 0. The van der Waals surface area contributed by atoms with E-state index < -0.39 is 7.60 Å². The predicted octanol–water partition coefficient (Wildman–Crippen LogP) is -2.55. The van der Waals surface area contributed by atoms with Crippen molar-refractivity contribution in [3.05, 3.63) is 0 Å². The second-order valence-corrected chi connectivity index (χ2v) is 5.13. The molecule has 0 bridgehead atoms. The third-order valence-corrected chi connectivity index (χ3v) is 2.78. The molecule has 0 heterocycles. The first-order chi connectivity index (χ1) is 5.95. The van der Waals surface area contributed by atoms with Gasteiger partial charge in [0.15, 0.2) is 0 Å². The molecule has 0 aromatic heterocycles. The topological polar surface area (TPSA) is 86.4 Å². The molecule has 0 aromatic rings. The Morgan fingerprint density at radius 1 is 1.40 bits per heavy atom. The Balaban J connectivity index is -0.000000720. The summed E-state index contributed by atoms with van der Waals surface area (Å²) in [5.74, 6) is 0. The Labute approximate surface area is 137 Å². The quantitative estimate of drug-likeness (QED) is 0.297. The standard InChI is InChI=1S/C8H20NO3P.2Na/c1-2-3-4-5-8(9)6-7-13(10,11)12;;/h8H,2-7,9H2,1H3,(H2,10,11,12);;/q;;+1/p-1. The van der Waals surface area contributed by atoms with E-state index in [1.165, 1.54) is 0 Å². The van der Waals surface area contributed by atoms with Crippen molar-refractivity contribution in [3.8, 4) is 0 Å². The van der Waals surface area contributed by atoms with Crippen LogP contribution in [0.15, 0.2) is 0 Å². The number of unbranched alkanes of at least 4 members (excludes halogenated alkanes) is 2. The molecule has 4 nitrogen and oxygen atoms in total. The van der Waals surface area contributed by atoms with Crippen LogP contribution in [0.4, 0.5) is 0 Å². The summed E-state index contributed by atoms with van der Waals surface area (Å²) in [5.41, 5.74) is 5.65. The van der Waals surface area contributed by atoms with Crippen molar-refractivity contribution < 1.29 is 43.9 Å². The largest absolute Gasteiger partial charge is 1.00 e.